The molecule has 4 nitrogen and oxygen atoms in total. The molecule has 1 heterocycles. The number of carbonyl (C=O) groups excluding carboxylic acids is 2. The molecule has 1 saturated heterocycles. The van der Waals surface area contributed by atoms with Crippen molar-refractivity contribution in [2.75, 3.05) is 0 Å². The lowest BCUT2D eigenvalue weighted by Crippen LogP contribution is -2.27. The second-order valence-corrected chi connectivity index (χ2v) is 5.84. The number of nitrogens with zero attached hydrogens (tertiary/aromatic N) is 1. The minimum Gasteiger partial charge on any atom is -0.508 e. The van der Waals surface area contributed by atoms with E-state index >= 15 is 0 Å². The van der Waals surface area contributed by atoms with E-state index < -0.39 is 0 Å². The topological polar surface area (TPSA) is 57.6 Å². The first kappa shape index (κ1) is 14.4. The van der Waals surface area contributed by atoms with Gasteiger partial charge in [0.25, 0.3) is 11.1 Å². The van der Waals surface area contributed by atoms with Crippen LogP contribution in [0.1, 0.15) is 11.1 Å². The molecule has 2 aromatic carbocycles. The fourth-order valence-electron chi connectivity index (χ4n) is 2.12. The molecule has 22 heavy (non-hydrogen) atoms. The third-order valence-electron chi connectivity index (χ3n) is 3.25. The van der Waals surface area contributed by atoms with Crippen LogP contribution in [-0.2, 0) is 11.3 Å². The number of aromatic hydroxyl groups is 1. The van der Waals surface area contributed by atoms with E-state index in [0.29, 0.717) is 4.91 Å². The smallest absolute Gasteiger partial charge is 0.293 e. The van der Waals surface area contributed by atoms with E-state index in [9.17, 15) is 14.7 Å². The van der Waals surface area contributed by atoms with Crippen LogP contribution >= 0.6 is 11.8 Å². The molecule has 1 fully saturated rings. The third kappa shape index (κ3) is 3.04. The molecule has 0 saturated carbocycles. The zero-order valence-corrected chi connectivity index (χ0v) is 12.4. The lowest BCUT2D eigenvalue weighted by Gasteiger charge is -2.12. The Hall–Kier alpha value is -2.53. The van der Waals surface area contributed by atoms with Crippen molar-refractivity contribution < 1.29 is 14.7 Å². The van der Waals surface area contributed by atoms with E-state index in [1.54, 1.807) is 30.3 Å². The molecule has 1 aliphatic rings. The number of rotatable bonds is 3. The highest BCUT2D eigenvalue weighted by Gasteiger charge is 2.34. The van der Waals surface area contributed by atoms with E-state index in [1.807, 2.05) is 30.3 Å². The second kappa shape index (κ2) is 6.07. The van der Waals surface area contributed by atoms with Crippen molar-refractivity contribution >= 4 is 29.0 Å². The molecule has 0 atom stereocenters. The van der Waals surface area contributed by atoms with Crippen molar-refractivity contribution in [2.45, 2.75) is 6.54 Å². The molecule has 0 aromatic heterocycles. The molecular formula is C17H13NO3S. The highest BCUT2D eigenvalue weighted by Crippen LogP contribution is 2.33. The molecule has 2 aromatic rings. The van der Waals surface area contributed by atoms with E-state index in [4.69, 9.17) is 0 Å². The lowest BCUT2D eigenvalue weighted by molar-refractivity contribution is -0.123. The summed E-state index contributed by atoms with van der Waals surface area (Å²) in [5.41, 5.74) is 1.68. The molecule has 110 valence electrons. The minimum absolute atomic E-state index is 0.161. The van der Waals surface area contributed by atoms with Gasteiger partial charge in [-0.25, -0.2) is 0 Å². The van der Waals surface area contributed by atoms with Gasteiger partial charge in [-0.2, -0.15) is 0 Å². The number of hydrogen-bond acceptors (Lipinski definition) is 4. The fraction of sp³-hybridized carbons (Fsp3) is 0.0588. The van der Waals surface area contributed by atoms with E-state index in [0.717, 1.165) is 22.9 Å². The van der Waals surface area contributed by atoms with Crippen molar-refractivity contribution in [3.8, 4) is 5.75 Å². The van der Waals surface area contributed by atoms with Crippen LogP contribution in [0.2, 0.25) is 0 Å². The van der Waals surface area contributed by atoms with Crippen LogP contribution in [0.3, 0.4) is 0 Å². The molecule has 2 amide bonds. The van der Waals surface area contributed by atoms with Crippen LogP contribution in [0.4, 0.5) is 4.79 Å². The van der Waals surface area contributed by atoms with Crippen LogP contribution in [-0.4, -0.2) is 21.2 Å². The highest BCUT2D eigenvalue weighted by atomic mass is 32.2. The normalized spacial score (nSPS) is 16.5. The standard InChI is InChI=1S/C17H13NO3S/c19-14-8-6-12(7-9-14)10-15-16(20)18(17(21)22-15)11-13-4-2-1-3-5-13/h1-10,19H,11H2. The minimum atomic E-state index is -0.285. The Morgan fingerprint density at radius 3 is 2.36 bits per heavy atom. The van der Waals surface area contributed by atoms with Gasteiger partial charge in [0.1, 0.15) is 5.75 Å². The van der Waals surface area contributed by atoms with Gasteiger partial charge < -0.3 is 5.11 Å². The first-order valence-corrected chi connectivity index (χ1v) is 7.53. The SMILES string of the molecule is O=C1SC(=Cc2ccc(O)cc2)C(=O)N1Cc1ccccc1. The summed E-state index contributed by atoms with van der Waals surface area (Å²) in [5.74, 6) is -0.124. The van der Waals surface area contributed by atoms with Crippen LogP contribution < -0.4 is 0 Å². The average molecular weight is 311 g/mol. The Balaban J connectivity index is 1.80. The number of imide groups is 1. The quantitative estimate of drug-likeness (QED) is 0.879. The number of benzene rings is 2. The maximum Gasteiger partial charge on any atom is 0.293 e. The summed E-state index contributed by atoms with van der Waals surface area (Å²) < 4.78 is 0. The Labute approximate surface area is 132 Å². The van der Waals surface area contributed by atoms with Gasteiger partial charge in [-0.15, -0.1) is 0 Å². The Morgan fingerprint density at radius 2 is 1.68 bits per heavy atom. The molecule has 1 aliphatic heterocycles. The van der Waals surface area contributed by atoms with Crippen molar-refractivity contribution in [2.24, 2.45) is 0 Å². The molecular weight excluding hydrogens is 298 g/mol. The zero-order valence-electron chi connectivity index (χ0n) is 11.6. The van der Waals surface area contributed by atoms with Crippen LogP contribution in [0.25, 0.3) is 6.08 Å². The molecule has 3 rings (SSSR count). The Morgan fingerprint density at radius 1 is 1.00 bits per heavy atom. The molecule has 0 aliphatic carbocycles. The van der Waals surface area contributed by atoms with Crippen molar-refractivity contribution in [1.29, 1.82) is 0 Å². The van der Waals surface area contributed by atoms with Crippen molar-refractivity contribution in [3.05, 3.63) is 70.6 Å². The first-order chi connectivity index (χ1) is 10.6. The molecule has 0 unspecified atom stereocenters. The Bertz CT molecular complexity index is 738. The van der Waals surface area contributed by atoms with Gasteiger partial charge in [0, 0.05) is 0 Å². The van der Waals surface area contributed by atoms with Gasteiger partial charge in [-0.1, -0.05) is 42.5 Å². The van der Waals surface area contributed by atoms with Crippen molar-refractivity contribution in [1.82, 2.24) is 4.90 Å². The third-order valence-corrected chi connectivity index (χ3v) is 4.16. The van der Waals surface area contributed by atoms with Crippen LogP contribution in [0.5, 0.6) is 5.75 Å². The average Bonchev–Trinajstić information content (AvgIpc) is 2.78. The summed E-state index contributed by atoms with van der Waals surface area (Å²) in [5, 5.41) is 9.00. The van der Waals surface area contributed by atoms with Crippen molar-refractivity contribution in [3.63, 3.8) is 0 Å². The monoisotopic (exact) mass is 311 g/mol. The van der Waals surface area contributed by atoms with Gasteiger partial charge >= 0.3 is 0 Å². The number of phenolic OH excluding ortho intramolecular Hbond substituents is 1. The molecule has 0 spiro atoms. The molecule has 0 radical (unpaired) electrons. The van der Waals surface area contributed by atoms with Gasteiger partial charge in [0.2, 0.25) is 0 Å². The largest absolute Gasteiger partial charge is 0.508 e. The number of hydrogen-bond donors (Lipinski definition) is 1. The van der Waals surface area contributed by atoms with Gasteiger partial charge in [-0.05, 0) is 41.1 Å². The predicted molar refractivity (Wildman–Crippen MR) is 86.1 cm³/mol. The summed E-state index contributed by atoms with van der Waals surface area (Å²) in [6, 6.07) is 15.9. The summed E-state index contributed by atoms with van der Waals surface area (Å²) in [6.07, 6.45) is 1.66. The fourth-order valence-corrected chi connectivity index (χ4v) is 2.96. The second-order valence-electron chi connectivity index (χ2n) is 4.84. The van der Waals surface area contributed by atoms with Gasteiger partial charge in [0.15, 0.2) is 0 Å². The van der Waals surface area contributed by atoms with Crippen LogP contribution in [0.15, 0.2) is 59.5 Å². The number of amides is 2. The van der Waals surface area contributed by atoms with Crippen LogP contribution in [0, 0.1) is 0 Å². The lowest BCUT2D eigenvalue weighted by atomic mass is 10.2. The number of phenols is 1. The number of thioether (sulfide) groups is 1. The maximum absolute atomic E-state index is 12.4. The Kier molecular flexibility index (Phi) is 3.98. The summed E-state index contributed by atoms with van der Waals surface area (Å²) >= 11 is 0.936. The molecule has 0 bridgehead atoms. The zero-order chi connectivity index (χ0) is 15.5. The van der Waals surface area contributed by atoms with E-state index in [1.165, 1.54) is 4.90 Å². The molecule has 1 N–H and O–H groups in total. The van der Waals surface area contributed by atoms with E-state index in [-0.39, 0.29) is 23.4 Å². The number of carbonyl (C=O) groups is 2. The summed E-state index contributed by atoms with van der Waals surface area (Å²) in [7, 11) is 0. The first-order valence-electron chi connectivity index (χ1n) is 6.72. The highest BCUT2D eigenvalue weighted by molar-refractivity contribution is 8.18. The van der Waals surface area contributed by atoms with Gasteiger partial charge in [0.05, 0.1) is 11.4 Å². The molecule has 5 heteroatoms. The predicted octanol–water partition coefficient (Wildman–Crippen LogP) is 3.63. The summed E-state index contributed by atoms with van der Waals surface area (Å²) in [4.78, 5) is 26.0. The maximum atomic E-state index is 12.4. The summed E-state index contributed by atoms with van der Waals surface area (Å²) in [6.45, 7) is 0.276. The van der Waals surface area contributed by atoms with Gasteiger partial charge in [-0.3, -0.25) is 14.5 Å². The van der Waals surface area contributed by atoms with E-state index in [2.05, 4.69) is 0 Å².